The van der Waals surface area contributed by atoms with Gasteiger partial charge in [0, 0.05) is 16.4 Å². The summed E-state index contributed by atoms with van der Waals surface area (Å²) in [6, 6.07) is 19.7. The lowest BCUT2D eigenvalue weighted by Gasteiger charge is -2.30. The first-order chi connectivity index (χ1) is 14.0. The first-order valence-corrected chi connectivity index (χ1v) is 11.5. The van der Waals surface area contributed by atoms with Crippen LogP contribution in [0.2, 0.25) is 0 Å². The molecule has 4 aromatic rings. The summed E-state index contributed by atoms with van der Waals surface area (Å²) in [5.41, 5.74) is 1.27. The van der Waals surface area contributed by atoms with Gasteiger partial charge in [-0.25, -0.2) is 4.68 Å². The fourth-order valence-electron chi connectivity index (χ4n) is 4.21. The summed E-state index contributed by atoms with van der Waals surface area (Å²) < 4.78 is 2.23. The lowest BCUT2D eigenvalue weighted by Crippen LogP contribution is -2.34. The van der Waals surface area contributed by atoms with Gasteiger partial charge in [0.25, 0.3) is 0 Å². The maximum absolute atomic E-state index is 4.54. The van der Waals surface area contributed by atoms with Crippen LogP contribution in [-0.4, -0.2) is 14.9 Å². The molecule has 0 saturated heterocycles. The molecular weight excluding hydrogens is 396 g/mol. The van der Waals surface area contributed by atoms with Crippen molar-refractivity contribution in [3.05, 3.63) is 76.4 Å². The van der Waals surface area contributed by atoms with Crippen molar-refractivity contribution in [3.8, 4) is 0 Å². The van der Waals surface area contributed by atoms with E-state index in [1.54, 1.807) is 11.8 Å². The topological polar surface area (TPSA) is 34.0 Å². The van der Waals surface area contributed by atoms with Gasteiger partial charge < -0.3 is 0 Å². The molecule has 1 unspecified atom stereocenters. The first-order valence-electron chi connectivity index (χ1n) is 9.72. The molecule has 6 heteroatoms. The second kappa shape index (κ2) is 6.03. The van der Waals surface area contributed by atoms with Crippen molar-refractivity contribution in [1.29, 1.82) is 0 Å². The highest BCUT2D eigenvalue weighted by atomic mass is 32.2. The number of hydrogen-bond acceptors (Lipinski definition) is 5. The molecular formula is C23H20N4S2. The molecule has 3 aromatic carbocycles. The van der Waals surface area contributed by atoms with E-state index in [4.69, 9.17) is 0 Å². The summed E-state index contributed by atoms with van der Waals surface area (Å²) in [5, 5.41) is 21.2. The minimum Gasteiger partial charge on any atom is -0.252 e. The van der Waals surface area contributed by atoms with Crippen LogP contribution in [0.25, 0.3) is 21.5 Å². The van der Waals surface area contributed by atoms with E-state index in [9.17, 15) is 0 Å². The van der Waals surface area contributed by atoms with Gasteiger partial charge in [-0.3, -0.25) is 5.01 Å². The Hall–Kier alpha value is -2.44. The largest absolute Gasteiger partial charge is 0.252 e. The first kappa shape index (κ1) is 17.4. The molecule has 0 fully saturated rings. The van der Waals surface area contributed by atoms with Gasteiger partial charge in [-0.1, -0.05) is 81.1 Å². The summed E-state index contributed by atoms with van der Waals surface area (Å²) in [6.07, 6.45) is 0. The average molecular weight is 417 g/mol. The number of nitrogens with zero attached hydrogens (tertiary/aromatic N) is 4. The molecule has 0 N–H and O–H groups in total. The SMILES string of the molecule is CC(C)(C)c1nnc2n1N1C(=CSC1c1c3ccccc3cc3ccccc13)S2. The second-order valence-corrected chi connectivity index (χ2v) is 10.4. The van der Waals surface area contributed by atoms with Crippen LogP contribution in [-0.2, 0) is 5.41 Å². The lowest BCUT2D eigenvalue weighted by atomic mass is 9.95. The smallest absolute Gasteiger partial charge is 0.216 e. The Balaban J connectivity index is 1.62. The molecule has 0 radical (unpaired) electrons. The van der Waals surface area contributed by atoms with E-state index in [0.717, 1.165) is 11.0 Å². The van der Waals surface area contributed by atoms with Crippen molar-refractivity contribution in [2.75, 3.05) is 5.01 Å². The second-order valence-electron chi connectivity index (χ2n) is 8.49. The number of aromatic nitrogens is 3. The Bertz CT molecular complexity index is 1260. The van der Waals surface area contributed by atoms with E-state index in [1.807, 2.05) is 11.8 Å². The molecule has 3 heterocycles. The highest BCUT2D eigenvalue weighted by Gasteiger charge is 2.42. The fourth-order valence-corrected chi connectivity index (χ4v) is 6.52. The van der Waals surface area contributed by atoms with E-state index in [0.29, 0.717) is 0 Å². The summed E-state index contributed by atoms with van der Waals surface area (Å²) in [4.78, 5) is 0. The molecule has 0 aliphatic carbocycles. The third kappa shape index (κ3) is 2.49. The third-order valence-electron chi connectivity index (χ3n) is 5.50. The van der Waals surface area contributed by atoms with Gasteiger partial charge in [0.15, 0.2) is 5.82 Å². The van der Waals surface area contributed by atoms with Crippen LogP contribution in [0.3, 0.4) is 0 Å². The van der Waals surface area contributed by atoms with Crippen molar-refractivity contribution in [2.24, 2.45) is 0 Å². The van der Waals surface area contributed by atoms with E-state index >= 15 is 0 Å². The van der Waals surface area contributed by atoms with Gasteiger partial charge in [-0.15, -0.1) is 10.2 Å². The molecule has 0 saturated carbocycles. The van der Waals surface area contributed by atoms with Crippen LogP contribution in [0.1, 0.15) is 37.5 Å². The minimum absolute atomic E-state index is 0.0834. The maximum atomic E-state index is 4.54. The number of thioether (sulfide) groups is 2. The number of hydrogen-bond donors (Lipinski definition) is 0. The van der Waals surface area contributed by atoms with Gasteiger partial charge in [0.1, 0.15) is 10.4 Å². The van der Waals surface area contributed by atoms with Crippen molar-refractivity contribution in [2.45, 2.75) is 36.7 Å². The monoisotopic (exact) mass is 416 g/mol. The molecule has 29 heavy (non-hydrogen) atoms. The van der Waals surface area contributed by atoms with Gasteiger partial charge in [0.05, 0.1) is 0 Å². The molecule has 0 amide bonds. The standard InChI is InChI=1S/C23H20N4S2/c1-23(2,3)21-24-25-22-27(21)26-18(29-22)13-28-20(26)19-16-10-6-4-8-14(16)12-15-9-5-7-11-17(15)19/h4-13,20H,1-3H3. The quantitative estimate of drug-likeness (QED) is 0.347. The van der Waals surface area contributed by atoms with Crippen LogP contribution in [0.4, 0.5) is 0 Å². The van der Waals surface area contributed by atoms with Crippen LogP contribution < -0.4 is 5.01 Å². The van der Waals surface area contributed by atoms with Gasteiger partial charge in [0.2, 0.25) is 5.16 Å². The normalized spacial score (nSPS) is 18.4. The molecule has 2 aliphatic rings. The minimum atomic E-state index is -0.0834. The van der Waals surface area contributed by atoms with Crippen molar-refractivity contribution in [3.63, 3.8) is 0 Å². The Kier molecular flexibility index (Phi) is 3.62. The summed E-state index contributed by atoms with van der Waals surface area (Å²) >= 11 is 3.58. The Morgan fingerprint density at radius 2 is 1.55 bits per heavy atom. The molecule has 0 bridgehead atoms. The highest BCUT2D eigenvalue weighted by molar-refractivity contribution is 8.07. The van der Waals surface area contributed by atoms with E-state index < -0.39 is 0 Å². The van der Waals surface area contributed by atoms with E-state index in [2.05, 4.69) is 101 Å². The Labute approximate surface area is 178 Å². The summed E-state index contributed by atoms with van der Waals surface area (Å²) in [6.45, 7) is 6.59. The summed E-state index contributed by atoms with van der Waals surface area (Å²) in [7, 11) is 0. The van der Waals surface area contributed by atoms with Gasteiger partial charge in [-0.05, 0) is 39.4 Å². The van der Waals surface area contributed by atoms with Crippen molar-refractivity contribution < 1.29 is 0 Å². The molecule has 2 aliphatic heterocycles. The summed E-state index contributed by atoms with van der Waals surface area (Å²) in [5.74, 6) is 1.00. The highest BCUT2D eigenvalue weighted by Crippen LogP contribution is 2.54. The van der Waals surface area contributed by atoms with Gasteiger partial charge >= 0.3 is 0 Å². The van der Waals surface area contributed by atoms with Crippen molar-refractivity contribution in [1.82, 2.24) is 14.9 Å². The Morgan fingerprint density at radius 3 is 2.21 bits per heavy atom. The van der Waals surface area contributed by atoms with Gasteiger partial charge in [-0.2, -0.15) is 0 Å². The van der Waals surface area contributed by atoms with Crippen molar-refractivity contribution >= 4 is 45.1 Å². The van der Waals surface area contributed by atoms with Crippen LogP contribution >= 0.6 is 23.5 Å². The van der Waals surface area contributed by atoms with Crippen LogP contribution in [0.5, 0.6) is 0 Å². The molecule has 1 atom stereocenters. The number of rotatable bonds is 1. The average Bonchev–Trinajstić information content (AvgIpc) is 3.37. The number of fused-ring (bicyclic) bond motifs is 5. The predicted molar refractivity (Wildman–Crippen MR) is 123 cm³/mol. The number of benzene rings is 3. The van der Waals surface area contributed by atoms with Crippen LogP contribution in [0, 0.1) is 0 Å². The molecule has 0 spiro atoms. The maximum Gasteiger partial charge on any atom is 0.216 e. The lowest BCUT2D eigenvalue weighted by molar-refractivity contribution is 0.486. The molecule has 6 rings (SSSR count). The fraction of sp³-hybridized carbons (Fsp3) is 0.217. The zero-order valence-corrected chi connectivity index (χ0v) is 18.1. The predicted octanol–water partition coefficient (Wildman–Crippen LogP) is 6.17. The third-order valence-corrected chi connectivity index (χ3v) is 7.65. The Morgan fingerprint density at radius 1 is 0.897 bits per heavy atom. The van der Waals surface area contributed by atoms with E-state index in [1.165, 1.54) is 32.1 Å². The van der Waals surface area contributed by atoms with E-state index in [-0.39, 0.29) is 10.8 Å². The zero-order valence-electron chi connectivity index (χ0n) is 16.5. The molecule has 1 aromatic heterocycles. The molecule has 144 valence electrons. The molecule has 4 nitrogen and oxygen atoms in total. The van der Waals surface area contributed by atoms with Crippen LogP contribution in [0.15, 0.2) is 70.2 Å². The zero-order chi connectivity index (χ0) is 19.8.